The molecule has 1 aliphatic rings. The van der Waals surface area contributed by atoms with Crippen molar-refractivity contribution in [3.8, 4) is 0 Å². The Bertz CT molecular complexity index is 1150. The number of nitrogen functional groups attached to an aromatic ring is 1. The average Bonchev–Trinajstić information content (AvgIpc) is 3.47. The molecule has 0 aliphatic carbocycles. The number of hydrogen-bond donors (Lipinski definition) is 1. The van der Waals surface area contributed by atoms with E-state index in [1.165, 1.54) is 0 Å². The first-order chi connectivity index (χ1) is 16.4. The average molecular weight is 525 g/mol. The van der Waals surface area contributed by atoms with E-state index in [9.17, 15) is 9.59 Å². The highest BCUT2D eigenvalue weighted by atomic mass is 79.9. The van der Waals surface area contributed by atoms with Crippen LogP contribution in [0.3, 0.4) is 0 Å². The van der Waals surface area contributed by atoms with Crippen LogP contribution in [0.25, 0.3) is 0 Å². The molecule has 8 nitrogen and oxygen atoms in total. The Morgan fingerprint density at radius 3 is 2.59 bits per heavy atom. The Hall–Kier alpha value is -3.20. The maximum absolute atomic E-state index is 13.2. The van der Waals surface area contributed by atoms with Crippen molar-refractivity contribution in [3.05, 3.63) is 76.0 Å². The highest BCUT2D eigenvalue weighted by molar-refractivity contribution is 9.10. The van der Waals surface area contributed by atoms with E-state index in [0.29, 0.717) is 31.0 Å². The molecule has 4 rings (SSSR count). The third kappa shape index (κ3) is 5.83. The predicted molar refractivity (Wildman–Crippen MR) is 133 cm³/mol. The summed E-state index contributed by atoms with van der Waals surface area (Å²) in [4.78, 5) is 30.0. The quantitative estimate of drug-likeness (QED) is 0.451. The van der Waals surface area contributed by atoms with E-state index in [1.807, 2.05) is 47.4 Å². The smallest absolute Gasteiger partial charge is 0.223 e. The first-order valence-corrected chi connectivity index (χ1v) is 12.2. The van der Waals surface area contributed by atoms with Crippen LogP contribution in [0.15, 0.2) is 59.2 Å². The molecule has 0 saturated carbocycles. The summed E-state index contributed by atoms with van der Waals surface area (Å²) in [7, 11) is 1.79. The summed E-state index contributed by atoms with van der Waals surface area (Å²) in [6.07, 6.45) is 4.01. The molecule has 1 fully saturated rings. The lowest BCUT2D eigenvalue weighted by atomic mass is 10.0. The molecule has 0 bridgehead atoms. The fraction of sp³-hybridized carbons (Fsp3) is 0.360. The topological polar surface area (TPSA) is 97.3 Å². The summed E-state index contributed by atoms with van der Waals surface area (Å²) in [5.41, 5.74) is 9.25. The Labute approximate surface area is 207 Å². The third-order valence-electron chi connectivity index (χ3n) is 6.10. The van der Waals surface area contributed by atoms with Crippen LogP contribution in [0, 0.1) is 0 Å². The molecule has 1 saturated heterocycles. The van der Waals surface area contributed by atoms with Crippen molar-refractivity contribution in [2.24, 2.45) is 7.05 Å². The van der Waals surface area contributed by atoms with E-state index in [0.717, 1.165) is 28.4 Å². The zero-order valence-electron chi connectivity index (χ0n) is 19.2. The van der Waals surface area contributed by atoms with E-state index >= 15 is 0 Å². The van der Waals surface area contributed by atoms with Crippen LogP contribution >= 0.6 is 15.9 Å². The van der Waals surface area contributed by atoms with Gasteiger partial charge >= 0.3 is 0 Å². The largest absolute Gasteiger partial charge is 0.399 e. The van der Waals surface area contributed by atoms with Crippen molar-refractivity contribution >= 4 is 33.4 Å². The van der Waals surface area contributed by atoms with E-state index in [2.05, 4.69) is 32.3 Å². The van der Waals surface area contributed by atoms with Gasteiger partial charge in [0.1, 0.15) is 5.69 Å². The van der Waals surface area contributed by atoms with E-state index in [-0.39, 0.29) is 30.7 Å². The molecule has 178 valence electrons. The molecule has 2 aromatic carbocycles. The number of benzene rings is 2. The van der Waals surface area contributed by atoms with E-state index in [4.69, 9.17) is 5.73 Å². The second-order valence-corrected chi connectivity index (χ2v) is 9.50. The summed E-state index contributed by atoms with van der Waals surface area (Å²) in [5.74, 6) is -0.0778. The molecule has 2 amide bonds. The number of rotatable bonds is 8. The first kappa shape index (κ1) is 23.9. The zero-order valence-corrected chi connectivity index (χ0v) is 20.8. The van der Waals surface area contributed by atoms with Gasteiger partial charge in [0, 0.05) is 49.3 Å². The highest BCUT2D eigenvalue weighted by Gasteiger charge is 2.31. The first-order valence-electron chi connectivity index (χ1n) is 11.4. The standard InChI is InChI=1S/C25H29BrN6O2/c1-30-16-20(28-29-30)17-31(15-18-8-10-19(27)11-9-18)24(33)12-13-25(34)32-14-4-7-23(32)21-5-2-3-6-22(21)26/h2-3,5-6,8-11,16,23H,4,7,12-15,17,27H2,1H3. The Kier molecular flexibility index (Phi) is 7.62. The van der Waals surface area contributed by atoms with Gasteiger partial charge in [0.15, 0.2) is 0 Å². The number of likely N-dealkylation sites (tertiary alicyclic amines) is 1. The van der Waals surface area contributed by atoms with Gasteiger partial charge in [-0.3, -0.25) is 14.3 Å². The van der Waals surface area contributed by atoms with E-state index < -0.39 is 0 Å². The van der Waals surface area contributed by atoms with Gasteiger partial charge in [-0.15, -0.1) is 5.10 Å². The maximum Gasteiger partial charge on any atom is 0.223 e. The van der Waals surface area contributed by atoms with Gasteiger partial charge in [-0.05, 0) is 42.2 Å². The van der Waals surface area contributed by atoms with Gasteiger partial charge in [0.05, 0.1) is 12.6 Å². The number of carbonyl (C=O) groups excluding carboxylic acids is 2. The summed E-state index contributed by atoms with van der Waals surface area (Å²) in [6.45, 7) is 1.45. The molecule has 1 atom stereocenters. The van der Waals surface area contributed by atoms with Crippen molar-refractivity contribution in [2.75, 3.05) is 12.3 Å². The second kappa shape index (κ2) is 10.8. The number of aromatic nitrogens is 3. The molecule has 1 unspecified atom stereocenters. The van der Waals surface area contributed by atoms with Crippen LogP contribution in [0.4, 0.5) is 5.69 Å². The number of aryl methyl sites for hydroxylation is 1. The van der Waals surface area contributed by atoms with Crippen molar-refractivity contribution in [1.29, 1.82) is 0 Å². The molecule has 1 aromatic heterocycles. The molecular weight excluding hydrogens is 496 g/mol. The monoisotopic (exact) mass is 524 g/mol. The summed E-state index contributed by atoms with van der Waals surface area (Å²) >= 11 is 3.61. The van der Waals surface area contributed by atoms with Crippen molar-refractivity contribution < 1.29 is 9.59 Å². The number of hydrogen-bond acceptors (Lipinski definition) is 5. The predicted octanol–water partition coefficient (Wildman–Crippen LogP) is 3.83. The lowest BCUT2D eigenvalue weighted by Crippen LogP contribution is -2.34. The minimum atomic E-state index is -0.0903. The Balaban J connectivity index is 1.42. The highest BCUT2D eigenvalue weighted by Crippen LogP contribution is 2.36. The lowest BCUT2D eigenvalue weighted by molar-refractivity contribution is -0.138. The molecule has 0 spiro atoms. The maximum atomic E-state index is 13.2. The van der Waals surface area contributed by atoms with Gasteiger partial charge in [-0.2, -0.15) is 0 Å². The molecule has 0 radical (unpaired) electrons. The molecular formula is C25H29BrN6O2. The summed E-state index contributed by atoms with van der Waals surface area (Å²) < 4.78 is 2.62. The van der Waals surface area contributed by atoms with Gasteiger partial charge in [-0.1, -0.05) is 51.5 Å². The zero-order chi connectivity index (χ0) is 24.1. The van der Waals surface area contributed by atoms with Crippen molar-refractivity contribution in [1.82, 2.24) is 24.8 Å². The number of carbonyl (C=O) groups is 2. The van der Waals surface area contributed by atoms with Gasteiger partial charge in [-0.25, -0.2) is 0 Å². The number of nitrogens with zero attached hydrogens (tertiary/aromatic N) is 5. The molecule has 34 heavy (non-hydrogen) atoms. The fourth-order valence-corrected chi connectivity index (χ4v) is 4.94. The number of anilines is 1. The fourth-order valence-electron chi connectivity index (χ4n) is 4.39. The van der Waals surface area contributed by atoms with Gasteiger partial charge in [0.2, 0.25) is 11.8 Å². The Morgan fingerprint density at radius 2 is 1.88 bits per heavy atom. The van der Waals surface area contributed by atoms with Crippen LogP contribution in [-0.2, 0) is 29.7 Å². The molecule has 2 heterocycles. The number of amides is 2. The van der Waals surface area contributed by atoms with E-state index in [1.54, 1.807) is 22.8 Å². The van der Waals surface area contributed by atoms with Gasteiger partial charge < -0.3 is 15.5 Å². The third-order valence-corrected chi connectivity index (χ3v) is 6.82. The second-order valence-electron chi connectivity index (χ2n) is 8.64. The molecule has 1 aliphatic heterocycles. The SMILES string of the molecule is Cn1cc(CN(Cc2ccc(N)cc2)C(=O)CCC(=O)N2CCCC2c2ccccc2Br)nn1. The van der Waals surface area contributed by atoms with Crippen molar-refractivity contribution in [2.45, 2.75) is 44.8 Å². The van der Waals surface area contributed by atoms with Crippen LogP contribution < -0.4 is 5.73 Å². The van der Waals surface area contributed by atoms with Crippen LogP contribution in [-0.4, -0.2) is 43.2 Å². The van der Waals surface area contributed by atoms with Crippen LogP contribution in [0.1, 0.15) is 48.5 Å². The minimum absolute atomic E-state index is 0.0125. The Morgan fingerprint density at radius 1 is 1.12 bits per heavy atom. The van der Waals surface area contributed by atoms with Crippen LogP contribution in [0.5, 0.6) is 0 Å². The van der Waals surface area contributed by atoms with Crippen LogP contribution in [0.2, 0.25) is 0 Å². The minimum Gasteiger partial charge on any atom is -0.399 e. The number of nitrogens with two attached hydrogens (primary N) is 1. The normalized spacial score (nSPS) is 15.5. The molecule has 2 N–H and O–H groups in total. The summed E-state index contributed by atoms with van der Waals surface area (Å²) in [5, 5.41) is 8.09. The van der Waals surface area contributed by atoms with Gasteiger partial charge in [0.25, 0.3) is 0 Å². The molecule has 9 heteroatoms. The lowest BCUT2D eigenvalue weighted by Gasteiger charge is -2.27. The summed E-state index contributed by atoms with van der Waals surface area (Å²) in [6, 6.07) is 15.5. The molecule has 3 aromatic rings. The number of halogens is 1. The van der Waals surface area contributed by atoms with Crippen molar-refractivity contribution in [3.63, 3.8) is 0 Å².